The van der Waals surface area contributed by atoms with E-state index < -0.39 is 23.7 Å². The molecule has 0 heterocycles. The number of aliphatic hydroxyl groups is 1. The van der Waals surface area contributed by atoms with E-state index in [1.54, 1.807) is 0 Å². The van der Waals surface area contributed by atoms with Gasteiger partial charge < -0.3 is 10.2 Å². The van der Waals surface area contributed by atoms with Crippen molar-refractivity contribution in [2.75, 3.05) is 0 Å². The highest BCUT2D eigenvalue weighted by Gasteiger charge is 2.58. The molecule has 100 valence electrons. The molecule has 2 unspecified atom stereocenters. The van der Waals surface area contributed by atoms with Gasteiger partial charge in [0.25, 0.3) is 0 Å². The summed E-state index contributed by atoms with van der Waals surface area (Å²) in [6.07, 6.45) is -3.40. The SMILES string of the molecule is O=C(O)CCCC1CCCCC1(O)C(F)(F)F. The molecule has 6 heteroatoms. The van der Waals surface area contributed by atoms with Crippen LogP contribution >= 0.6 is 0 Å². The van der Waals surface area contributed by atoms with Crippen molar-refractivity contribution >= 4 is 5.97 Å². The van der Waals surface area contributed by atoms with E-state index in [0.717, 1.165) is 0 Å². The molecule has 1 aliphatic carbocycles. The van der Waals surface area contributed by atoms with Gasteiger partial charge in [-0.05, 0) is 31.6 Å². The monoisotopic (exact) mass is 254 g/mol. The Hall–Kier alpha value is -0.780. The largest absolute Gasteiger partial charge is 0.481 e. The summed E-state index contributed by atoms with van der Waals surface area (Å²) in [4.78, 5) is 10.3. The van der Waals surface area contributed by atoms with E-state index in [1.807, 2.05) is 0 Å². The lowest BCUT2D eigenvalue weighted by Crippen LogP contribution is -2.52. The van der Waals surface area contributed by atoms with Crippen LogP contribution in [0.15, 0.2) is 0 Å². The Kier molecular flexibility index (Phi) is 4.41. The number of hydrogen-bond acceptors (Lipinski definition) is 2. The lowest BCUT2D eigenvalue weighted by molar-refractivity contribution is -0.289. The van der Waals surface area contributed by atoms with Crippen LogP contribution in [0.4, 0.5) is 13.2 Å². The summed E-state index contributed by atoms with van der Waals surface area (Å²) >= 11 is 0. The van der Waals surface area contributed by atoms with Crippen molar-refractivity contribution in [2.45, 2.75) is 56.7 Å². The predicted molar refractivity (Wildman–Crippen MR) is 54.4 cm³/mol. The number of halogens is 3. The van der Waals surface area contributed by atoms with Gasteiger partial charge in [-0.3, -0.25) is 4.79 Å². The first-order chi connectivity index (χ1) is 7.77. The molecular formula is C11H17F3O3. The maximum Gasteiger partial charge on any atom is 0.417 e. The van der Waals surface area contributed by atoms with Crippen molar-refractivity contribution in [1.29, 1.82) is 0 Å². The van der Waals surface area contributed by atoms with E-state index in [2.05, 4.69) is 0 Å². The van der Waals surface area contributed by atoms with Crippen LogP contribution in [0.1, 0.15) is 44.9 Å². The number of carboxylic acid groups (broad SMARTS) is 1. The van der Waals surface area contributed by atoms with Crippen molar-refractivity contribution in [3.8, 4) is 0 Å². The van der Waals surface area contributed by atoms with E-state index in [4.69, 9.17) is 5.11 Å². The molecule has 2 N–H and O–H groups in total. The first kappa shape index (κ1) is 14.3. The van der Waals surface area contributed by atoms with Crippen LogP contribution in [0.25, 0.3) is 0 Å². The normalized spacial score (nSPS) is 30.2. The Morgan fingerprint density at radius 1 is 1.35 bits per heavy atom. The minimum atomic E-state index is -4.62. The van der Waals surface area contributed by atoms with Gasteiger partial charge in [0.15, 0.2) is 5.60 Å². The first-order valence-corrected chi connectivity index (χ1v) is 5.78. The minimum Gasteiger partial charge on any atom is -0.481 e. The third-order valence-corrected chi connectivity index (χ3v) is 3.47. The molecule has 1 saturated carbocycles. The third-order valence-electron chi connectivity index (χ3n) is 3.47. The van der Waals surface area contributed by atoms with Crippen molar-refractivity contribution in [1.82, 2.24) is 0 Å². The Bertz CT molecular complexity index is 278. The molecular weight excluding hydrogens is 237 g/mol. The molecule has 0 aliphatic heterocycles. The fraction of sp³-hybridized carbons (Fsp3) is 0.909. The highest BCUT2D eigenvalue weighted by atomic mass is 19.4. The third kappa shape index (κ3) is 3.34. The van der Waals surface area contributed by atoms with Gasteiger partial charge in [0.2, 0.25) is 0 Å². The van der Waals surface area contributed by atoms with Gasteiger partial charge in [0.1, 0.15) is 0 Å². The van der Waals surface area contributed by atoms with E-state index in [1.165, 1.54) is 0 Å². The van der Waals surface area contributed by atoms with Crippen LogP contribution < -0.4 is 0 Å². The second-order valence-corrected chi connectivity index (χ2v) is 4.65. The highest BCUT2D eigenvalue weighted by Crippen LogP contribution is 2.46. The van der Waals surface area contributed by atoms with Gasteiger partial charge in [-0.1, -0.05) is 12.8 Å². The van der Waals surface area contributed by atoms with Crippen molar-refractivity contribution in [2.24, 2.45) is 5.92 Å². The van der Waals surface area contributed by atoms with E-state index >= 15 is 0 Å². The molecule has 0 saturated heterocycles. The van der Waals surface area contributed by atoms with E-state index in [-0.39, 0.29) is 25.7 Å². The zero-order valence-corrected chi connectivity index (χ0v) is 9.46. The summed E-state index contributed by atoms with van der Waals surface area (Å²) in [6, 6.07) is 0. The molecule has 17 heavy (non-hydrogen) atoms. The average molecular weight is 254 g/mol. The Morgan fingerprint density at radius 2 is 2.00 bits per heavy atom. The molecule has 0 aromatic heterocycles. The molecule has 2 atom stereocenters. The molecule has 1 aliphatic rings. The van der Waals surface area contributed by atoms with Crippen LogP contribution in [-0.4, -0.2) is 28.0 Å². The Morgan fingerprint density at radius 3 is 2.53 bits per heavy atom. The van der Waals surface area contributed by atoms with Gasteiger partial charge in [-0.25, -0.2) is 0 Å². The number of carboxylic acids is 1. The lowest BCUT2D eigenvalue weighted by atomic mass is 9.72. The molecule has 0 bridgehead atoms. The second-order valence-electron chi connectivity index (χ2n) is 4.65. The van der Waals surface area contributed by atoms with Crippen LogP contribution in [0.5, 0.6) is 0 Å². The number of rotatable bonds is 4. The summed E-state index contributed by atoms with van der Waals surface area (Å²) in [5.41, 5.74) is -2.62. The molecule has 1 rings (SSSR count). The first-order valence-electron chi connectivity index (χ1n) is 5.78. The van der Waals surface area contributed by atoms with Crippen molar-refractivity contribution in [3.63, 3.8) is 0 Å². The minimum absolute atomic E-state index is 0.113. The summed E-state index contributed by atoms with van der Waals surface area (Å²) in [6.45, 7) is 0. The number of carbonyl (C=O) groups is 1. The van der Waals surface area contributed by atoms with Gasteiger partial charge in [0.05, 0.1) is 0 Å². The van der Waals surface area contributed by atoms with Crippen molar-refractivity contribution < 1.29 is 28.2 Å². The van der Waals surface area contributed by atoms with Gasteiger partial charge in [-0.2, -0.15) is 13.2 Å². The lowest BCUT2D eigenvalue weighted by Gasteiger charge is -2.41. The van der Waals surface area contributed by atoms with Gasteiger partial charge in [0, 0.05) is 6.42 Å². The zero-order chi connectivity index (χ0) is 13.1. The number of hydrogen-bond donors (Lipinski definition) is 2. The summed E-state index contributed by atoms with van der Waals surface area (Å²) in [7, 11) is 0. The second kappa shape index (κ2) is 5.25. The molecule has 0 spiro atoms. The quantitative estimate of drug-likeness (QED) is 0.811. The van der Waals surface area contributed by atoms with Crippen LogP contribution in [0.3, 0.4) is 0 Å². The van der Waals surface area contributed by atoms with Crippen LogP contribution in [-0.2, 0) is 4.79 Å². The predicted octanol–water partition coefficient (Wildman–Crippen LogP) is 2.72. The Labute approximate surface area is 97.6 Å². The molecule has 1 fully saturated rings. The van der Waals surface area contributed by atoms with Gasteiger partial charge >= 0.3 is 12.1 Å². The van der Waals surface area contributed by atoms with E-state index in [9.17, 15) is 23.1 Å². The van der Waals surface area contributed by atoms with Crippen LogP contribution in [0, 0.1) is 5.92 Å². The maximum absolute atomic E-state index is 12.8. The van der Waals surface area contributed by atoms with Crippen LogP contribution in [0.2, 0.25) is 0 Å². The Balaban J connectivity index is 2.63. The highest BCUT2D eigenvalue weighted by molar-refractivity contribution is 5.66. The summed E-state index contributed by atoms with van der Waals surface area (Å²) in [5, 5.41) is 18.2. The average Bonchev–Trinajstić information content (AvgIpc) is 2.19. The number of aliphatic carboxylic acids is 1. The smallest absolute Gasteiger partial charge is 0.417 e. The fourth-order valence-electron chi connectivity index (χ4n) is 2.48. The molecule has 0 aromatic rings. The molecule has 0 aromatic carbocycles. The summed E-state index contributed by atoms with van der Waals surface area (Å²) < 4.78 is 38.4. The molecule has 3 nitrogen and oxygen atoms in total. The summed E-state index contributed by atoms with van der Waals surface area (Å²) in [5.74, 6) is -1.88. The zero-order valence-electron chi connectivity index (χ0n) is 9.46. The van der Waals surface area contributed by atoms with Gasteiger partial charge in [-0.15, -0.1) is 0 Å². The van der Waals surface area contributed by atoms with E-state index in [0.29, 0.717) is 19.3 Å². The topological polar surface area (TPSA) is 57.5 Å². The number of alkyl halides is 3. The molecule has 0 radical (unpaired) electrons. The maximum atomic E-state index is 12.8. The molecule has 0 amide bonds. The van der Waals surface area contributed by atoms with Crippen molar-refractivity contribution in [3.05, 3.63) is 0 Å². The fourth-order valence-corrected chi connectivity index (χ4v) is 2.48. The standard InChI is InChI=1S/C11H17F3O3/c12-11(13,14)10(17)7-2-1-4-8(10)5-3-6-9(15)16/h8,17H,1-7H2,(H,15,16).